The molecule has 3 rings (SSSR count). The quantitative estimate of drug-likeness (QED) is 0.575. The Bertz CT molecular complexity index is 831. The Morgan fingerprint density at radius 3 is 2.96 bits per heavy atom. The summed E-state index contributed by atoms with van der Waals surface area (Å²) in [5.74, 6) is 0.824. The number of benzene rings is 1. The number of rotatable bonds is 5. The Morgan fingerprint density at radius 2 is 2.17 bits per heavy atom. The lowest BCUT2D eigenvalue weighted by Gasteiger charge is -2.09. The maximum absolute atomic E-state index is 5.57. The van der Waals surface area contributed by atoms with Crippen molar-refractivity contribution in [1.29, 1.82) is 0 Å². The van der Waals surface area contributed by atoms with Crippen LogP contribution in [-0.2, 0) is 0 Å². The molecule has 1 N–H and O–H groups in total. The van der Waals surface area contributed by atoms with E-state index in [1.807, 2.05) is 50.2 Å². The summed E-state index contributed by atoms with van der Waals surface area (Å²) in [5, 5.41) is 5.27. The molecule has 0 amide bonds. The maximum atomic E-state index is 5.57. The molecule has 0 spiro atoms. The third kappa shape index (κ3) is 3.63. The normalized spacial score (nSPS) is 11.0. The van der Waals surface area contributed by atoms with Crippen LogP contribution in [0.3, 0.4) is 0 Å². The molecule has 0 radical (unpaired) electrons. The maximum Gasteiger partial charge on any atom is 0.120 e. The first-order chi connectivity index (χ1) is 11.3. The number of ether oxygens (including phenoxy) is 1. The summed E-state index contributed by atoms with van der Waals surface area (Å²) in [6.07, 6.45) is 5.23. The van der Waals surface area contributed by atoms with Crippen molar-refractivity contribution in [3.63, 3.8) is 0 Å². The molecule has 0 saturated heterocycles. The molecule has 2 heterocycles. The van der Waals surface area contributed by atoms with Gasteiger partial charge in [0, 0.05) is 29.0 Å². The topological polar surface area (TPSA) is 59.4 Å². The van der Waals surface area contributed by atoms with Gasteiger partial charge in [-0.1, -0.05) is 6.07 Å². The highest BCUT2D eigenvalue weighted by molar-refractivity contribution is 5.93. The Kier molecular flexibility index (Phi) is 4.47. The zero-order valence-electron chi connectivity index (χ0n) is 13.2. The second-order valence-electron chi connectivity index (χ2n) is 5.08. The van der Waals surface area contributed by atoms with Gasteiger partial charge >= 0.3 is 0 Å². The molecule has 0 aliphatic carbocycles. The van der Waals surface area contributed by atoms with E-state index in [9.17, 15) is 0 Å². The lowest BCUT2D eigenvalue weighted by atomic mass is 10.1. The first-order valence-electron chi connectivity index (χ1n) is 7.49. The van der Waals surface area contributed by atoms with Gasteiger partial charge in [0.05, 0.1) is 24.0 Å². The van der Waals surface area contributed by atoms with Crippen molar-refractivity contribution < 1.29 is 4.74 Å². The zero-order valence-corrected chi connectivity index (χ0v) is 13.2. The van der Waals surface area contributed by atoms with Gasteiger partial charge < -0.3 is 4.74 Å². The van der Waals surface area contributed by atoms with Crippen molar-refractivity contribution in [3.05, 3.63) is 60.0 Å². The predicted octanol–water partition coefficient (Wildman–Crippen LogP) is 3.78. The number of aromatic nitrogens is 2. The standard InChI is InChI=1S/C18H18N4O/c1-3-23-15-6-7-17-16(10-15)18(9-13(2)21-17)22-20-12-14-5-4-8-19-11-14/h4-12H,3H2,1-2H3,(H,21,22)/b20-12+. The molecule has 0 fully saturated rings. The number of hydrogen-bond acceptors (Lipinski definition) is 5. The fourth-order valence-corrected chi connectivity index (χ4v) is 2.31. The van der Waals surface area contributed by atoms with Gasteiger partial charge in [-0.25, -0.2) is 0 Å². The van der Waals surface area contributed by atoms with Crippen molar-refractivity contribution in [3.8, 4) is 5.75 Å². The van der Waals surface area contributed by atoms with Crippen molar-refractivity contribution in [1.82, 2.24) is 9.97 Å². The van der Waals surface area contributed by atoms with Gasteiger partial charge in [-0.3, -0.25) is 15.4 Å². The van der Waals surface area contributed by atoms with Gasteiger partial charge in [0.15, 0.2) is 0 Å². The summed E-state index contributed by atoms with van der Waals surface area (Å²) in [6.45, 7) is 4.56. The van der Waals surface area contributed by atoms with E-state index in [0.717, 1.165) is 33.6 Å². The minimum absolute atomic E-state index is 0.632. The highest BCUT2D eigenvalue weighted by atomic mass is 16.5. The van der Waals surface area contributed by atoms with E-state index in [-0.39, 0.29) is 0 Å². The van der Waals surface area contributed by atoms with Crippen LogP contribution in [0.15, 0.2) is 53.9 Å². The average Bonchev–Trinajstić information content (AvgIpc) is 2.56. The van der Waals surface area contributed by atoms with Crippen LogP contribution in [-0.4, -0.2) is 22.8 Å². The molecule has 0 aliphatic rings. The number of hydrogen-bond donors (Lipinski definition) is 1. The zero-order chi connectivity index (χ0) is 16.1. The highest BCUT2D eigenvalue weighted by Gasteiger charge is 2.05. The van der Waals surface area contributed by atoms with Crippen molar-refractivity contribution in [2.75, 3.05) is 12.0 Å². The lowest BCUT2D eigenvalue weighted by molar-refractivity contribution is 0.340. The van der Waals surface area contributed by atoms with Crippen molar-refractivity contribution in [2.45, 2.75) is 13.8 Å². The van der Waals surface area contributed by atoms with Crippen LogP contribution in [0, 0.1) is 6.92 Å². The lowest BCUT2D eigenvalue weighted by Crippen LogP contribution is -1.96. The second-order valence-corrected chi connectivity index (χ2v) is 5.08. The summed E-state index contributed by atoms with van der Waals surface area (Å²) in [5.41, 5.74) is 6.77. The van der Waals surface area contributed by atoms with Gasteiger partial charge in [0.1, 0.15) is 5.75 Å². The van der Waals surface area contributed by atoms with Crippen LogP contribution in [0.1, 0.15) is 18.2 Å². The first-order valence-corrected chi connectivity index (χ1v) is 7.49. The molecular weight excluding hydrogens is 288 g/mol. The Morgan fingerprint density at radius 1 is 1.26 bits per heavy atom. The van der Waals surface area contributed by atoms with E-state index in [4.69, 9.17) is 4.74 Å². The van der Waals surface area contributed by atoms with Gasteiger partial charge in [-0.15, -0.1) is 0 Å². The monoisotopic (exact) mass is 306 g/mol. The molecule has 116 valence electrons. The third-order valence-corrected chi connectivity index (χ3v) is 3.30. The van der Waals surface area contributed by atoms with E-state index >= 15 is 0 Å². The third-order valence-electron chi connectivity index (χ3n) is 3.30. The minimum atomic E-state index is 0.632. The molecule has 2 aromatic heterocycles. The largest absolute Gasteiger partial charge is 0.494 e. The number of fused-ring (bicyclic) bond motifs is 1. The molecule has 0 aliphatic heterocycles. The molecular formula is C18H18N4O. The fourth-order valence-electron chi connectivity index (χ4n) is 2.31. The SMILES string of the molecule is CCOc1ccc2nc(C)cc(N/N=C/c3cccnc3)c2c1. The van der Waals surface area contributed by atoms with Crippen LogP contribution >= 0.6 is 0 Å². The molecule has 5 nitrogen and oxygen atoms in total. The van der Waals surface area contributed by atoms with Gasteiger partial charge in [-0.2, -0.15) is 5.10 Å². The number of pyridine rings is 2. The molecule has 0 saturated carbocycles. The molecule has 23 heavy (non-hydrogen) atoms. The first kappa shape index (κ1) is 15.0. The summed E-state index contributed by atoms with van der Waals surface area (Å²) < 4.78 is 5.57. The van der Waals surface area contributed by atoms with Crippen LogP contribution in [0.2, 0.25) is 0 Å². The molecule has 0 unspecified atom stereocenters. The fraction of sp³-hybridized carbons (Fsp3) is 0.167. The minimum Gasteiger partial charge on any atom is -0.494 e. The van der Waals surface area contributed by atoms with Gasteiger partial charge in [0.25, 0.3) is 0 Å². The van der Waals surface area contributed by atoms with Crippen LogP contribution in [0.4, 0.5) is 5.69 Å². The number of nitrogens with zero attached hydrogens (tertiary/aromatic N) is 3. The van der Waals surface area contributed by atoms with E-state index < -0.39 is 0 Å². The second kappa shape index (κ2) is 6.87. The van der Waals surface area contributed by atoms with E-state index in [2.05, 4.69) is 20.5 Å². The molecule has 0 bridgehead atoms. The molecule has 1 aromatic carbocycles. The highest BCUT2D eigenvalue weighted by Crippen LogP contribution is 2.27. The number of hydrazone groups is 1. The number of aryl methyl sites for hydroxylation is 1. The predicted molar refractivity (Wildman–Crippen MR) is 93.1 cm³/mol. The van der Waals surface area contributed by atoms with Gasteiger partial charge in [0.2, 0.25) is 0 Å². The van der Waals surface area contributed by atoms with Crippen LogP contribution < -0.4 is 10.2 Å². The smallest absolute Gasteiger partial charge is 0.120 e. The Balaban J connectivity index is 1.92. The molecule has 5 heteroatoms. The van der Waals surface area contributed by atoms with Crippen molar-refractivity contribution >= 4 is 22.8 Å². The van der Waals surface area contributed by atoms with E-state index in [1.165, 1.54) is 0 Å². The summed E-state index contributed by atoms with van der Waals surface area (Å²) in [6, 6.07) is 11.7. The Hall–Kier alpha value is -2.95. The summed E-state index contributed by atoms with van der Waals surface area (Å²) >= 11 is 0. The molecule has 3 aromatic rings. The van der Waals surface area contributed by atoms with E-state index in [0.29, 0.717) is 6.61 Å². The van der Waals surface area contributed by atoms with Crippen molar-refractivity contribution in [2.24, 2.45) is 5.10 Å². The number of nitrogens with one attached hydrogen (secondary N) is 1. The van der Waals surface area contributed by atoms with E-state index in [1.54, 1.807) is 18.6 Å². The average molecular weight is 306 g/mol. The Labute approximate surface area is 135 Å². The summed E-state index contributed by atoms with van der Waals surface area (Å²) in [4.78, 5) is 8.61. The van der Waals surface area contributed by atoms with Crippen LogP contribution in [0.25, 0.3) is 10.9 Å². The summed E-state index contributed by atoms with van der Waals surface area (Å²) in [7, 11) is 0. The van der Waals surface area contributed by atoms with Crippen LogP contribution in [0.5, 0.6) is 5.75 Å². The molecule has 0 atom stereocenters. The number of anilines is 1. The van der Waals surface area contributed by atoms with Gasteiger partial charge in [-0.05, 0) is 44.2 Å².